The number of anilines is 3. The first kappa shape index (κ1) is 31.1. The summed E-state index contributed by atoms with van der Waals surface area (Å²) in [6.07, 6.45) is 12.4. The summed E-state index contributed by atoms with van der Waals surface area (Å²) in [7, 11) is 0. The molecule has 0 N–H and O–H groups in total. The topological polar surface area (TPSA) is 3.24 Å². The van der Waals surface area contributed by atoms with E-state index in [9.17, 15) is 0 Å². The van der Waals surface area contributed by atoms with Crippen LogP contribution in [0.25, 0.3) is 33.0 Å². The van der Waals surface area contributed by atoms with Crippen LogP contribution in [0.15, 0.2) is 127 Å². The monoisotopic (exact) mass is 663 g/mol. The van der Waals surface area contributed by atoms with Gasteiger partial charge in [0.05, 0.1) is 5.69 Å². The Labute approximate surface area is 304 Å². The second-order valence-electron chi connectivity index (χ2n) is 16.7. The molecule has 0 amide bonds. The third-order valence-corrected chi connectivity index (χ3v) is 13.5. The number of nitrogens with zero attached hydrogens (tertiary/aromatic N) is 1. The number of hydrogen-bond donors (Lipinski definition) is 0. The lowest BCUT2D eigenvalue weighted by Gasteiger charge is -2.30. The molecular weight excluding hydrogens is 615 g/mol. The Morgan fingerprint density at radius 1 is 0.569 bits per heavy atom. The molecule has 3 fully saturated rings. The predicted molar refractivity (Wildman–Crippen MR) is 216 cm³/mol. The van der Waals surface area contributed by atoms with E-state index in [0.29, 0.717) is 5.92 Å². The van der Waals surface area contributed by atoms with Crippen molar-refractivity contribution in [3.05, 3.63) is 150 Å². The summed E-state index contributed by atoms with van der Waals surface area (Å²) in [6.45, 7) is 4.85. The van der Waals surface area contributed by atoms with Gasteiger partial charge >= 0.3 is 0 Å². The van der Waals surface area contributed by atoms with Gasteiger partial charge in [0.25, 0.3) is 0 Å². The lowest BCUT2D eigenvalue weighted by molar-refractivity contribution is 0.420. The molecule has 2 bridgehead atoms. The van der Waals surface area contributed by atoms with Crippen LogP contribution in [-0.2, 0) is 5.41 Å². The summed E-state index contributed by atoms with van der Waals surface area (Å²) in [5, 5.41) is 2.67. The fraction of sp³-hybridized carbons (Fsp3) is 0.320. The van der Waals surface area contributed by atoms with Gasteiger partial charge in [0.15, 0.2) is 0 Å². The van der Waals surface area contributed by atoms with Crippen molar-refractivity contribution in [1.29, 1.82) is 0 Å². The number of fused-ring (bicyclic) bond motifs is 6. The molecule has 0 aromatic heterocycles. The van der Waals surface area contributed by atoms with E-state index in [1.807, 2.05) is 0 Å². The molecule has 0 heterocycles. The van der Waals surface area contributed by atoms with Crippen molar-refractivity contribution in [1.82, 2.24) is 0 Å². The van der Waals surface area contributed by atoms with E-state index in [1.54, 1.807) is 5.56 Å². The van der Waals surface area contributed by atoms with Crippen molar-refractivity contribution in [3.8, 4) is 22.3 Å². The lowest BCUT2D eigenvalue weighted by atomic mass is 9.78. The van der Waals surface area contributed by atoms with E-state index in [2.05, 4.69) is 146 Å². The van der Waals surface area contributed by atoms with Crippen LogP contribution in [0.1, 0.15) is 106 Å². The average Bonchev–Trinajstić information content (AvgIpc) is 3.89. The van der Waals surface area contributed by atoms with E-state index >= 15 is 0 Å². The van der Waals surface area contributed by atoms with Crippen molar-refractivity contribution >= 4 is 27.8 Å². The Bertz CT molecular complexity index is 2240. The van der Waals surface area contributed by atoms with E-state index in [4.69, 9.17) is 0 Å². The number of rotatable bonds is 6. The molecule has 3 atom stereocenters. The maximum atomic E-state index is 2.56. The quantitative estimate of drug-likeness (QED) is 0.171. The third-order valence-electron chi connectivity index (χ3n) is 13.5. The highest BCUT2D eigenvalue weighted by molar-refractivity contribution is 6.00. The standard InChI is InChI=1S/C50H49N/c1-50(2)47-32-41(27-28-43(47)44-17-10-16-42(49(44)50)35-13-7-4-8-14-35)51(40-25-23-37(24-26-40)45-30-33-19-20-39(45)29-33)48-18-9-15-36-21-22-38(31-46(36)48)34-11-5-3-6-12-34/h4,7-10,13-18,21-28,31-34,39,45H,3,5-6,11-12,19-20,29-30H2,1-2H3. The summed E-state index contributed by atoms with van der Waals surface area (Å²) in [4.78, 5) is 2.56. The largest absolute Gasteiger partial charge is 0.310 e. The highest BCUT2D eigenvalue weighted by Gasteiger charge is 2.40. The van der Waals surface area contributed by atoms with Crippen LogP contribution in [0.2, 0.25) is 0 Å². The Kier molecular flexibility index (Phi) is 7.49. The summed E-state index contributed by atoms with van der Waals surface area (Å²) >= 11 is 0. The minimum atomic E-state index is -0.142. The van der Waals surface area contributed by atoms with Gasteiger partial charge in [0, 0.05) is 22.2 Å². The summed E-state index contributed by atoms with van der Waals surface area (Å²) in [6, 6.07) is 49.1. The molecule has 6 aromatic rings. The van der Waals surface area contributed by atoms with Gasteiger partial charge in [-0.2, -0.15) is 0 Å². The van der Waals surface area contributed by atoms with Gasteiger partial charge in [-0.1, -0.05) is 131 Å². The summed E-state index contributed by atoms with van der Waals surface area (Å²) < 4.78 is 0. The van der Waals surface area contributed by atoms with Crippen LogP contribution in [0.5, 0.6) is 0 Å². The molecule has 4 aliphatic rings. The molecule has 4 aliphatic carbocycles. The van der Waals surface area contributed by atoms with Crippen LogP contribution in [-0.4, -0.2) is 0 Å². The Morgan fingerprint density at radius 3 is 2.12 bits per heavy atom. The molecule has 6 aromatic carbocycles. The van der Waals surface area contributed by atoms with Gasteiger partial charge in [0.2, 0.25) is 0 Å². The van der Waals surface area contributed by atoms with Crippen molar-refractivity contribution in [3.63, 3.8) is 0 Å². The summed E-state index contributed by atoms with van der Waals surface area (Å²) in [5.74, 6) is 3.24. The fourth-order valence-electron chi connectivity index (χ4n) is 11.0. The van der Waals surface area contributed by atoms with E-state index < -0.39 is 0 Å². The predicted octanol–water partition coefficient (Wildman–Crippen LogP) is 14.2. The first-order valence-corrected chi connectivity index (χ1v) is 19.8. The zero-order chi connectivity index (χ0) is 34.1. The number of hydrogen-bond acceptors (Lipinski definition) is 1. The minimum Gasteiger partial charge on any atom is -0.310 e. The van der Waals surface area contributed by atoms with E-state index in [-0.39, 0.29) is 5.41 Å². The molecule has 254 valence electrons. The van der Waals surface area contributed by atoms with E-state index in [0.717, 1.165) is 17.8 Å². The minimum absolute atomic E-state index is 0.142. The highest BCUT2D eigenvalue weighted by Crippen LogP contribution is 2.55. The van der Waals surface area contributed by atoms with Crippen LogP contribution in [0, 0.1) is 11.8 Å². The van der Waals surface area contributed by atoms with Crippen LogP contribution in [0.4, 0.5) is 17.1 Å². The second-order valence-corrected chi connectivity index (χ2v) is 16.7. The summed E-state index contributed by atoms with van der Waals surface area (Å²) in [5.41, 5.74) is 14.9. The maximum absolute atomic E-state index is 2.56. The zero-order valence-electron chi connectivity index (χ0n) is 30.2. The smallest absolute Gasteiger partial charge is 0.0540 e. The third kappa shape index (κ3) is 5.18. The molecule has 3 unspecified atom stereocenters. The lowest BCUT2D eigenvalue weighted by Crippen LogP contribution is -2.18. The van der Waals surface area contributed by atoms with Gasteiger partial charge in [-0.25, -0.2) is 0 Å². The van der Waals surface area contributed by atoms with Gasteiger partial charge in [-0.15, -0.1) is 0 Å². The van der Waals surface area contributed by atoms with Crippen LogP contribution >= 0.6 is 0 Å². The molecule has 10 rings (SSSR count). The molecule has 3 saturated carbocycles. The van der Waals surface area contributed by atoms with Crippen molar-refractivity contribution in [2.75, 3.05) is 4.90 Å². The van der Waals surface area contributed by atoms with Crippen LogP contribution in [0.3, 0.4) is 0 Å². The molecule has 1 nitrogen and oxygen atoms in total. The fourth-order valence-corrected chi connectivity index (χ4v) is 11.0. The Hall–Kier alpha value is -4.62. The molecule has 51 heavy (non-hydrogen) atoms. The van der Waals surface area contributed by atoms with E-state index in [1.165, 1.54) is 125 Å². The molecule has 1 heteroatoms. The SMILES string of the molecule is CC1(C)c2cc(N(c3ccc(C4CC5CCC4C5)cc3)c3cccc4ccc(C5CCCCC5)cc34)ccc2-c2cccc(-c3ccccc3)c21. The van der Waals surface area contributed by atoms with Gasteiger partial charge < -0.3 is 4.90 Å². The molecule has 0 saturated heterocycles. The highest BCUT2D eigenvalue weighted by atomic mass is 15.1. The van der Waals surface area contributed by atoms with Crippen LogP contribution < -0.4 is 4.90 Å². The van der Waals surface area contributed by atoms with Crippen molar-refractivity contribution in [2.45, 2.75) is 88.9 Å². The van der Waals surface area contributed by atoms with Gasteiger partial charge in [-0.3, -0.25) is 0 Å². The molecule has 0 aliphatic heterocycles. The van der Waals surface area contributed by atoms with Gasteiger partial charge in [0.1, 0.15) is 0 Å². The first-order chi connectivity index (χ1) is 25.0. The van der Waals surface area contributed by atoms with Gasteiger partial charge in [-0.05, 0) is 142 Å². The first-order valence-electron chi connectivity index (χ1n) is 19.8. The second kappa shape index (κ2) is 12.3. The zero-order valence-corrected chi connectivity index (χ0v) is 30.2. The Morgan fingerprint density at radius 2 is 1.33 bits per heavy atom. The number of benzene rings is 6. The average molecular weight is 664 g/mol. The Balaban J connectivity index is 1.12. The molecule has 0 radical (unpaired) electrons. The normalized spacial score (nSPS) is 21.9. The molecule has 0 spiro atoms. The van der Waals surface area contributed by atoms with Crippen molar-refractivity contribution in [2.24, 2.45) is 11.8 Å². The van der Waals surface area contributed by atoms with Crippen molar-refractivity contribution < 1.29 is 0 Å². The molecular formula is C50H49N. The maximum Gasteiger partial charge on any atom is 0.0540 e.